The quantitative estimate of drug-likeness (QED) is 0.917. The van der Waals surface area contributed by atoms with Crippen LogP contribution in [0.3, 0.4) is 0 Å². The molecule has 0 unspecified atom stereocenters. The Labute approximate surface area is 115 Å². The van der Waals surface area contributed by atoms with E-state index in [1.54, 1.807) is 11.8 Å². The van der Waals surface area contributed by atoms with Gasteiger partial charge >= 0.3 is 5.97 Å². The minimum atomic E-state index is -0.976. The smallest absolute Gasteiger partial charge is 0.325 e. The molecular weight excluding hydrogens is 269 g/mol. The van der Waals surface area contributed by atoms with E-state index in [-0.39, 0.29) is 0 Å². The number of benzene rings is 1. The van der Waals surface area contributed by atoms with Crippen LogP contribution in [0.1, 0.15) is 11.6 Å². The molecule has 0 radical (unpaired) electrons. The summed E-state index contributed by atoms with van der Waals surface area (Å²) in [4.78, 5) is 13.4. The van der Waals surface area contributed by atoms with Crippen molar-refractivity contribution in [2.24, 2.45) is 0 Å². The standard InChI is InChI=1S/C13H16FNO3S/c1-18-11-3-2-9(14)8-10(11)12(13(16)17)15-4-6-19-7-5-15/h2-3,8,12H,4-7H2,1H3,(H,16,17)/t12-/m0/s1. The zero-order valence-electron chi connectivity index (χ0n) is 10.6. The first-order valence-electron chi connectivity index (χ1n) is 6.01. The Bertz CT molecular complexity index is 463. The SMILES string of the molecule is COc1ccc(F)cc1[C@@H](C(=O)O)N1CCSCC1. The minimum Gasteiger partial charge on any atom is -0.496 e. The van der Waals surface area contributed by atoms with Gasteiger partial charge in [-0.05, 0) is 18.2 Å². The van der Waals surface area contributed by atoms with E-state index >= 15 is 0 Å². The predicted molar refractivity (Wildman–Crippen MR) is 72.2 cm³/mol. The fraction of sp³-hybridized carbons (Fsp3) is 0.462. The van der Waals surface area contributed by atoms with Crippen LogP contribution < -0.4 is 4.74 Å². The molecule has 2 rings (SSSR count). The maximum atomic E-state index is 13.4. The third-order valence-electron chi connectivity index (χ3n) is 3.13. The lowest BCUT2D eigenvalue weighted by Gasteiger charge is -2.32. The first-order chi connectivity index (χ1) is 9.13. The van der Waals surface area contributed by atoms with Crippen LogP contribution in [0, 0.1) is 5.82 Å². The van der Waals surface area contributed by atoms with Gasteiger partial charge in [0, 0.05) is 30.2 Å². The second-order valence-corrected chi connectivity index (χ2v) is 5.50. The molecule has 0 amide bonds. The first-order valence-corrected chi connectivity index (χ1v) is 7.17. The molecule has 0 spiro atoms. The van der Waals surface area contributed by atoms with Crippen molar-refractivity contribution < 1.29 is 19.0 Å². The summed E-state index contributed by atoms with van der Waals surface area (Å²) in [6, 6.07) is 3.14. The molecule has 1 atom stereocenters. The number of methoxy groups -OCH3 is 1. The van der Waals surface area contributed by atoms with Crippen LogP contribution in [-0.2, 0) is 4.79 Å². The molecule has 6 heteroatoms. The highest BCUT2D eigenvalue weighted by Crippen LogP contribution is 2.31. The Morgan fingerprint density at radius 1 is 1.47 bits per heavy atom. The van der Waals surface area contributed by atoms with E-state index in [0.717, 1.165) is 11.5 Å². The van der Waals surface area contributed by atoms with E-state index in [0.29, 0.717) is 24.4 Å². The lowest BCUT2D eigenvalue weighted by atomic mass is 10.0. The van der Waals surface area contributed by atoms with Gasteiger partial charge in [-0.25, -0.2) is 4.39 Å². The number of carbonyl (C=O) groups is 1. The van der Waals surface area contributed by atoms with Crippen molar-refractivity contribution in [2.75, 3.05) is 31.7 Å². The van der Waals surface area contributed by atoms with Crippen LogP contribution >= 0.6 is 11.8 Å². The Balaban J connectivity index is 2.37. The van der Waals surface area contributed by atoms with Gasteiger partial charge in [-0.1, -0.05) is 0 Å². The second kappa shape index (κ2) is 6.25. The van der Waals surface area contributed by atoms with Crippen LogP contribution in [0.4, 0.5) is 4.39 Å². The average molecular weight is 285 g/mol. The number of hydrogen-bond acceptors (Lipinski definition) is 4. The zero-order valence-corrected chi connectivity index (χ0v) is 11.5. The van der Waals surface area contributed by atoms with E-state index in [2.05, 4.69) is 0 Å². The summed E-state index contributed by atoms with van der Waals surface area (Å²) >= 11 is 1.80. The monoisotopic (exact) mass is 285 g/mol. The van der Waals surface area contributed by atoms with E-state index in [1.165, 1.54) is 25.3 Å². The highest BCUT2D eigenvalue weighted by atomic mass is 32.2. The van der Waals surface area contributed by atoms with Crippen molar-refractivity contribution in [2.45, 2.75) is 6.04 Å². The number of carboxylic acid groups (broad SMARTS) is 1. The van der Waals surface area contributed by atoms with Crippen LogP contribution in [0.2, 0.25) is 0 Å². The van der Waals surface area contributed by atoms with Crippen molar-refractivity contribution in [3.8, 4) is 5.75 Å². The number of thioether (sulfide) groups is 1. The molecule has 19 heavy (non-hydrogen) atoms. The Kier molecular flexibility index (Phi) is 4.66. The van der Waals surface area contributed by atoms with Crippen LogP contribution in [0.15, 0.2) is 18.2 Å². The molecule has 0 aromatic heterocycles. The van der Waals surface area contributed by atoms with Crippen molar-refractivity contribution in [1.82, 2.24) is 4.90 Å². The van der Waals surface area contributed by atoms with Crippen molar-refractivity contribution >= 4 is 17.7 Å². The van der Waals surface area contributed by atoms with Crippen molar-refractivity contribution in [1.29, 1.82) is 0 Å². The highest BCUT2D eigenvalue weighted by molar-refractivity contribution is 7.99. The number of nitrogens with zero attached hydrogens (tertiary/aromatic N) is 1. The predicted octanol–water partition coefficient (Wildman–Crippen LogP) is 2.01. The molecule has 0 saturated carbocycles. The molecule has 104 valence electrons. The zero-order chi connectivity index (χ0) is 13.8. The molecule has 1 aromatic rings. The van der Waals surface area contributed by atoms with Gasteiger partial charge in [0.05, 0.1) is 7.11 Å². The van der Waals surface area contributed by atoms with E-state index in [1.807, 2.05) is 4.90 Å². The normalized spacial score (nSPS) is 18.0. The molecular formula is C13H16FNO3S. The number of ether oxygens (including phenoxy) is 1. The van der Waals surface area contributed by atoms with Crippen molar-refractivity contribution in [3.63, 3.8) is 0 Å². The summed E-state index contributed by atoms with van der Waals surface area (Å²) in [7, 11) is 1.46. The van der Waals surface area contributed by atoms with Gasteiger partial charge in [-0.2, -0.15) is 11.8 Å². The number of aliphatic carboxylic acids is 1. The first kappa shape index (κ1) is 14.1. The lowest BCUT2D eigenvalue weighted by Crippen LogP contribution is -2.40. The Hall–Kier alpha value is -1.27. The fourth-order valence-electron chi connectivity index (χ4n) is 2.24. The van der Waals surface area contributed by atoms with Gasteiger partial charge < -0.3 is 9.84 Å². The van der Waals surface area contributed by atoms with E-state index in [4.69, 9.17) is 4.74 Å². The number of halogens is 1. The van der Waals surface area contributed by atoms with Gasteiger partial charge in [-0.15, -0.1) is 0 Å². The van der Waals surface area contributed by atoms with Crippen LogP contribution in [0.5, 0.6) is 5.75 Å². The number of carboxylic acids is 1. The summed E-state index contributed by atoms with van der Waals surface area (Å²) in [6.07, 6.45) is 0. The third kappa shape index (κ3) is 3.19. The maximum absolute atomic E-state index is 13.4. The molecule has 1 fully saturated rings. The molecule has 1 N–H and O–H groups in total. The van der Waals surface area contributed by atoms with E-state index in [9.17, 15) is 14.3 Å². The fourth-order valence-corrected chi connectivity index (χ4v) is 3.17. The third-order valence-corrected chi connectivity index (χ3v) is 4.07. The van der Waals surface area contributed by atoms with Gasteiger partial charge in [0.15, 0.2) is 0 Å². The molecule has 0 aliphatic carbocycles. The molecule has 1 saturated heterocycles. The number of hydrogen-bond donors (Lipinski definition) is 1. The Morgan fingerprint density at radius 2 is 2.16 bits per heavy atom. The highest BCUT2D eigenvalue weighted by Gasteiger charge is 2.31. The summed E-state index contributed by atoms with van der Waals surface area (Å²) in [6.45, 7) is 1.36. The average Bonchev–Trinajstić information content (AvgIpc) is 2.40. The summed E-state index contributed by atoms with van der Waals surface area (Å²) in [5, 5.41) is 9.46. The topological polar surface area (TPSA) is 49.8 Å². The van der Waals surface area contributed by atoms with Crippen LogP contribution in [-0.4, -0.2) is 47.7 Å². The van der Waals surface area contributed by atoms with Gasteiger partial charge in [-0.3, -0.25) is 9.69 Å². The number of rotatable bonds is 4. The summed E-state index contributed by atoms with van der Waals surface area (Å²) in [5.41, 5.74) is 0.377. The molecule has 1 aromatic carbocycles. The molecule has 0 bridgehead atoms. The van der Waals surface area contributed by atoms with Crippen molar-refractivity contribution in [3.05, 3.63) is 29.6 Å². The van der Waals surface area contributed by atoms with E-state index < -0.39 is 17.8 Å². The second-order valence-electron chi connectivity index (χ2n) is 4.28. The largest absolute Gasteiger partial charge is 0.496 e. The Morgan fingerprint density at radius 3 is 2.74 bits per heavy atom. The van der Waals surface area contributed by atoms with Crippen LogP contribution in [0.25, 0.3) is 0 Å². The summed E-state index contributed by atoms with van der Waals surface area (Å²) in [5.74, 6) is 0.763. The maximum Gasteiger partial charge on any atom is 0.325 e. The molecule has 4 nitrogen and oxygen atoms in total. The van der Waals surface area contributed by atoms with Gasteiger partial charge in [0.1, 0.15) is 17.6 Å². The molecule has 1 aliphatic heterocycles. The van der Waals surface area contributed by atoms with Gasteiger partial charge in [0.25, 0.3) is 0 Å². The van der Waals surface area contributed by atoms with Gasteiger partial charge in [0.2, 0.25) is 0 Å². The summed E-state index contributed by atoms with van der Waals surface area (Å²) < 4.78 is 18.6. The molecule has 1 heterocycles. The lowest BCUT2D eigenvalue weighted by molar-refractivity contribution is -0.143. The molecule has 1 aliphatic rings. The minimum absolute atomic E-state index is 0.377.